The fourth-order valence-electron chi connectivity index (χ4n) is 2.41. The summed E-state index contributed by atoms with van der Waals surface area (Å²) in [4.78, 5) is 12.0. The summed E-state index contributed by atoms with van der Waals surface area (Å²) in [5.41, 5.74) is 3.10. The smallest absolute Gasteiger partial charge is 0.336 e. The van der Waals surface area contributed by atoms with E-state index < -0.39 is 5.97 Å². The number of rotatable bonds is 6. The largest absolute Gasteiger partial charge is 0.489 e. The van der Waals surface area contributed by atoms with Gasteiger partial charge in [0.05, 0.1) is 4.47 Å². The van der Waals surface area contributed by atoms with E-state index in [4.69, 9.17) is 9.47 Å². The molecular weight excluding hydrogens is 404 g/mol. The van der Waals surface area contributed by atoms with Crippen molar-refractivity contribution in [2.45, 2.75) is 13.5 Å². The van der Waals surface area contributed by atoms with Gasteiger partial charge in [0.1, 0.15) is 18.1 Å². The number of halogens is 1. The molecule has 0 unspecified atom stereocenters. The maximum absolute atomic E-state index is 12.0. The number of hydrogen-bond donors (Lipinski definition) is 0. The average Bonchev–Trinajstić information content (AvgIpc) is 2.68. The van der Waals surface area contributed by atoms with Crippen LogP contribution in [0, 0.1) is 6.92 Å². The first-order valence-electron chi connectivity index (χ1n) is 8.53. The lowest BCUT2D eigenvalue weighted by Gasteiger charge is -2.06. The molecule has 136 valence electrons. The van der Waals surface area contributed by atoms with E-state index in [0.717, 1.165) is 26.9 Å². The van der Waals surface area contributed by atoms with Crippen LogP contribution in [-0.4, -0.2) is 5.97 Å². The molecule has 3 nitrogen and oxygen atoms in total. The molecular formula is C23H19BrO3. The van der Waals surface area contributed by atoms with Crippen LogP contribution in [0.1, 0.15) is 16.7 Å². The van der Waals surface area contributed by atoms with Gasteiger partial charge in [0, 0.05) is 6.08 Å². The summed E-state index contributed by atoms with van der Waals surface area (Å²) in [5, 5.41) is 0. The van der Waals surface area contributed by atoms with E-state index in [1.54, 1.807) is 12.1 Å². The van der Waals surface area contributed by atoms with Gasteiger partial charge >= 0.3 is 5.97 Å². The Balaban J connectivity index is 1.54. The van der Waals surface area contributed by atoms with Crippen LogP contribution in [0.2, 0.25) is 0 Å². The van der Waals surface area contributed by atoms with Crippen molar-refractivity contribution in [1.82, 2.24) is 0 Å². The van der Waals surface area contributed by atoms with Crippen molar-refractivity contribution >= 4 is 28.0 Å². The van der Waals surface area contributed by atoms with Gasteiger partial charge in [0.2, 0.25) is 0 Å². The summed E-state index contributed by atoms with van der Waals surface area (Å²) >= 11 is 3.40. The van der Waals surface area contributed by atoms with Crippen LogP contribution in [0.25, 0.3) is 6.08 Å². The van der Waals surface area contributed by atoms with Crippen LogP contribution in [0.3, 0.4) is 0 Å². The van der Waals surface area contributed by atoms with Gasteiger partial charge in [-0.15, -0.1) is 0 Å². The zero-order chi connectivity index (χ0) is 19.1. The van der Waals surface area contributed by atoms with E-state index in [1.807, 2.05) is 73.7 Å². The molecule has 0 fully saturated rings. The maximum Gasteiger partial charge on any atom is 0.336 e. The number of ether oxygens (including phenoxy) is 2. The molecule has 0 aliphatic heterocycles. The number of carbonyl (C=O) groups is 1. The molecule has 0 radical (unpaired) electrons. The van der Waals surface area contributed by atoms with Crippen LogP contribution in [0.15, 0.2) is 83.3 Å². The Labute approximate surface area is 167 Å². The van der Waals surface area contributed by atoms with Gasteiger partial charge < -0.3 is 9.47 Å². The molecule has 3 aromatic carbocycles. The summed E-state index contributed by atoms with van der Waals surface area (Å²) in [5.74, 6) is 0.853. The highest BCUT2D eigenvalue weighted by Crippen LogP contribution is 2.26. The van der Waals surface area contributed by atoms with Crippen LogP contribution in [-0.2, 0) is 11.4 Å². The second kappa shape index (κ2) is 9.19. The molecule has 3 aromatic rings. The number of esters is 1. The summed E-state index contributed by atoms with van der Waals surface area (Å²) in [7, 11) is 0. The third-order valence-electron chi connectivity index (χ3n) is 3.84. The Morgan fingerprint density at radius 1 is 1.00 bits per heavy atom. The van der Waals surface area contributed by atoms with E-state index >= 15 is 0 Å². The molecule has 4 heteroatoms. The third kappa shape index (κ3) is 5.83. The predicted molar refractivity (Wildman–Crippen MR) is 111 cm³/mol. The van der Waals surface area contributed by atoms with Crippen molar-refractivity contribution in [3.63, 3.8) is 0 Å². The lowest BCUT2D eigenvalue weighted by molar-refractivity contribution is -0.128. The first kappa shape index (κ1) is 18.9. The Kier molecular flexibility index (Phi) is 6.44. The van der Waals surface area contributed by atoms with Gasteiger partial charge in [-0.2, -0.15) is 0 Å². The maximum atomic E-state index is 12.0. The van der Waals surface area contributed by atoms with Gasteiger partial charge in [-0.25, -0.2) is 4.79 Å². The van der Waals surface area contributed by atoms with E-state index in [-0.39, 0.29) is 0 Å². The molecule has 0 heterocycles. The zero-order valence-electron chi connectivity index (χ0n) is 14.9. The van der Waals surface area contributed by atoms with Crippen molar-refractivity contribution < 1.29 is 14.3 Å². The molecule has 0 saturated carbocycles. The van der Waals surface area contributed by atoms with Gasteiger partial charge in [0.15, 0.2) is 0 Å². The second-order valence-electron chi connectivity index (χ2n) is 6.03. The lowest BCUT2D eigenvalue weighted by atomic mass is 10.2. The van der Waals surface area contributed by atoms with Crippen molar-refractivity contribution in [1.29, 1.82) is 0 Å². The van der Waals surface area contributed by atoms with Gasteiger partial charge in [0.25, 0.3) is 0 Å². The number of benzene rings is 3. The van der Waals surface area contributed by atoms with Gasteiger partial charge in [-0.05, 0) is 69.9 Å². The van der Waals surface area contributed by atoms with Crippen molar-refractivity contribution in [2.24, 2.45) is 0 Å². The number of carbonyl (C=O) groups excluding carboxylic acids is 1. The molecule has 0 aliphatic carbocycles. The quantitative estimate of drug-likeness (QED) is 0.279. The SMILES string of the molecule is Cc1ccc(OC(=O)/C=C/c2ccc(OCc3ccccc3)cc2)c(Br)c1. The van der Waals surface area contributed by atoms with E-state index in [2.05, 4.69) is 15.9 Å². The lowest BCUT2D eigenvalue weighted by Crippen LogP contribution is -2.04. The average molecular weight is 423 g/mol. The Morgan fingerprint density at radius 3 is 2.44 bits per heavy atom. The highest BCUT2D eigenvalue weighted by Gasteiger charge is 2.05. The summed E-state index contributed by atoms with van der Waals surface area (Å²) in [6.45, 7) is 2.50. The highest BCUT2D eigenvalue weighted by molar-refractivity contribution is 9.10. The molecule has 0 atom stereocenters. The van der Waals surface area contributed by atoms with Crippen LogP contribution in [0.5, 0.6) is 11.5 Å². The normalized spacial score (nSPS) is 10.7. The summed E-state index contributed by atoms with van der Waals surface area (Å²) in [6, 6.07) is 23.1. The predicted octanol–water partition coefficient (Wildman–Crippen LogP) is 5.96. The van der Waals surface area contributed by atoms with E-state index in [0.29, 0.717) is 12.4 Å². The van der Waals surface area contributed by atoms with Crippen LogP contribution < -0.4 is 9.47 Å². The van der Waals surface area contributed by atoms with Gasteiger partial charge in [-0.3, -0.25) is 0 Å². The van der Waals surface area contributed by atoms with Crippen molar-refractivity contribution in [2.75, 3.05) is 0 Å². The molecule has 3 rings (SSSR count). The molecule has 27 heavy (non-hydrogen) atoms. The molecule has 0 saturated heterocycles. The minimum absolute atomic E-state index is 0.427. The van der Waals surface area contributed by atoms with Crippen molar-refractivity contribution in [3.8, 4) is 11.5 Å². The molecule has 0 aliphatic rings. The molecule has 0 amide bonds. The summed E-state index contributed by atoms with van der Waals surface area (Å²) < 4.78 is 11.8. The Hall–Kier alpha value is -2.85. The zero-order valence-corrected chi connectivity index (χ0v) is 16.5. The molecule has 0 spiro atoms. The molecule has 0 N–H and O–H groups in total. The molecule has 0 bridgehead atoms. The van der Waals surface area contributed by atoms with Crippen molar-refractivity contribution in [3.05, 3.63) is 100 Å². The minimum Gasteiger partial charge on any atom is -0.489 e. The second-order valence-corrected chi connectivity index (χ2v) is 6.89. The molecule has 0 aromatic heterocycles. The monoisotopic (exact) mass is 422 g/mol. The first-order valence-corrected chi connectivity index (χ1v) is 9.32. The summed E-state index contributed by atoms with van der Waals surface area (Å²) in [6.07, 6.45) is 3.12. The van der Waals surface area contributed by atoms with E-state index in [1.165, 1.54) is 6.08 Å². The van der Waals surface area contributed by atoms with Crippen LogP contribution in [0.4, 0.5) is 0 Å². The Bertz CT molecular complexity index is 932. The fourth-order valence-corrected chi connectivity index (χ4v) is 2.99. The topological polar surface area (TPSA) is 35.5 Å². The number of hydrogen-bond acceptors (Lipinski definition) is 3. The fraction of sp³-hybridized carbons (Fsp3) is 0.0870. The number of aryl methyl sites for hydroxylation is 1. The van der Waals surface area contributed by atoms with Gasteiger partial charge in [-0.1, -0.05) is 48.5 Å². The minimum atomic E-state index is -0.427. The first-order chi connectivity index (χ1) is 13.1. The highest BCUT2D eigenvalue weighted by atomic mass is 79.9. The third-order valence-corrected chi connectivity index (χ3v) is 4.46. The Morgan fingerprint density at radius 2 is 1.74 bits per heavy atom. The van der Waals surface area contributed by atoms with Crippen LogP contribution >= 0.6 is 15.9 Å². The standard InChI is InChI=1S/C23H19BrO3/c1-17-7-13-22(21(24)15-17)27-23(25)14-10-18-8-11-20(12-9-18)26-16-19-5-3-2-4-6-19/h2-15H,16H2,1H3/b14-10+. The van der Waals surface area contributed by atoms with E-state index in [9.17, 15) is 4.79 Å².